The Kier molecular flexibility index (Phi) is 5.65. The van der Waals surface area contributed by atoms with Crippen molar-refractivity contribution < 1.29 is 0 Å². The molecule has 0 unspecified atom stereocenters. The van der Waals surface area contributed by atoms with Crippen LogP contribution < -0.4 is 5.32 Å². The average Bonchev–Trinajstić information content (AvgIpc) is 2.58. The van der Waals surface area contributed by atoms with E-state index in [0.29, 0.717) is 0 Å². The monoisotopic (exact) mass is 429 g/mol. The van der Waals surface area contributed by atoms with E-state index < -0.39 is 0 Å². The molecule has 0 spiro atoms. The van der Waals surface area contributed by atoms with E-state index >= 15 is 0 Å². The van der Waals surface area contributed by atoms with Gasteiger partial charge in [-0.3, -0.25) is 0 Å². The van der Waals surface area contributed by atoms with Crippen molar-refractivity contribution in [2.24, 2.45) is 0 Å². The van der Waals surface area contributed by atoms with Gasteiger partial charge in [-0.15, -0.1) is 0 Å². The molecule has 0 bridgehead atoms. The Labute approximate surface area is 154 Å². The van der Waals surface area contributed by atoms with Gasteiger partial charge in [0.05, 0.1) is 0 Å². The van der Waals surface area contributed by atoms with Crippen LogP contribution in [0.3, 0.4) is 0 Å². The average molecular weight is 431 g/mol. The molecule has 1 N–H and O–H groups in total. The van der Waals surface area contributed by atoms with Crippen molar-refractivity contribution in [2.45, 2.75) is 13.1 Å². The van der Waals surface area contributed by atoms with Gasteiger partial charge >= 0.3 is 0 Å². The molecule has 0 saturated carbocycles. The highest BCUT2D eigenvalue weighted by molar-refractivity contribution is 9.10. The minimum atomic E-state index is 0.872. The van der Waals surface area contributed by atoms with E-state index in [-0.39, 0.29) is 0 Å². The lowest BCUT2D eigenvalue weighted by Crippen LogP contribution is -2.12. The van der Waals surface area contributed by atoms with Gasteiger partial charge in [0, 0.05) is 22.0 Å². The van der Waals surface area contributed by atoms with Crippen LogP contribution in [0.2, 0.25) is 0 Å². The van der Waals surface area contributed by atoms with Gasteiger partial charge in [-0.25, -0.2) is 0 Å². The third-order valence-corrected chi connectivity index (χ3v) is 4.76. The summed E-state index contributed by atoms with van der Waals surface area (Å²) in [6.07, 6.45) is 0. The third-order valence-electron chi connectivity index (χ3n) is 3.70. The van der Waals surface area contributed by atoms with E-state index in [0.717, 1.165) is 22.0 Å². The van der Waals surface area contributed by atoms with Crippen LogP contribution in [0.1, 0.15) is 11.1 Å². The summed E-state index contributed by atoms with van der Waals surface area (Å²) in [5.74, 6) is 0. The molecule has 1 nitrogen and oxygen atoms in total. The fraction of sp³-hybridized carbons (Fsp3) is 0.100. The standard InChI is InChI=1S/C20H17Br2N/c21-19-9-3-16(4-10-19)14-23-13-15-1-5-17(6-2-15)18-7-11-20(22)12-8-18/h1-12,23H,13-14H2. The SMILES string of the molecule is Brc1ccc(CNCc2ccc(-c3ccc(Br)cc3)cc2)cc1. The van der Waals surface area contributed by atoms with Crippen LogP contribution >= 0.6 is 31.9 Å². The summed E-state index contributed by atoms with van der Waals surface area (Å²) in [7, 11) is 0. The van der Waals surface area contributed by atoms with Gasteiger partial charge in [0.1, 0.15) is 0 Å². The number of nitrogens with one attached hydrogen (secondary N) is 1. The summed E-state index contributed by atoms with van der Waals surface area (Å²) in [6, 6.07) is 25.6. The second-order valence-corrected chi connectivity index (χ2v) is 7.27. The molecule has 0 aliphatic heterocycles. The quantitative estimate of drug-likeness (QED) is 0.510. The first-order chi connectivity index (χ1) is 11.2. The molecule has 0 aliphatic rings. The van der Waals surface area contributed by atoms with Crippen molar-refractivity contribution in [1.82, 2.24) is 5.32 Å². The predicted octanol–water partition coefficient (Wildman–Crippen LogP) is 6.17. The molecule has 0 amide bonds. The maximum Gasteiger partial charge on any atom is 0.0208 e. The predicted molar refractivity (Wildman–Crippen MR) is 104 cm³/mol. The van der Waals surface area contributed by atoms with Crippen molar-refractivity contribution in [2.75, 3.05) is 0 Å². The highest BCUT2D eigenvalue weighted by atomic mass is 79.9. The first-order valence-corrected chi connectivity index (χ1v) is 9.09. The lowest BCUT2D eigenvalue weighted by Gasteiger charge is -2.07. The Morgan fingerprint density at radius 2 is 0.870 bits per heavy atom. The fourth-order valence-corrected chi connectivity index (χ4v) is 2.94. The van der Waals surface area contributed by atoms with Crippen LogP contribution in [0.15, 0.2) is 81.7 Å². The maximum absolute atomic E-state index is 3.48. The van der Waals surface area contributed by atoms with Crippen molar-refractivity contribution in [1.29, 1.82) is 0 Å². The first kappa shape index (κ1) is 16.4. The van der Waals surface area contributed by atoms with Crippen LogP contribution in [0.5, 0.6) is 0 Å². The molecule has 0 saturated heterocycles. The number of halogens is 2. The molecule has 3 rings (SSSR count). The Bertz CT molecular complexity index is 747. The van der Waals surface area contributed by atoms with E-state index in [1.807, 2.05) is 0 Å². The minimum absolute atomic E-state index is 0.872. The van der Waals surface area contributed by atoms with E-state index in [1.165, 1.54) is 22.3 Å². The summed E-state index contributed by atoms with van der Waals surface area (Å²) in [6.45, 7) is 1.75. The zero-order valence-corrected chi connectivity index (χ0v) is 15.8. The highest BCUT2D eigenvalue weighted by Gasteiger charge is 1.99. The molecular weight excluding hydrogens is 414 g/mol. The zero-order valence-electron chi connectivity index (χ0n) is 12.6. The Balaban J connectivity index is 1.57. The van der Waals surface area contributed by atoms with Crippen molar-refractivity contribution in [3.8, 4) is 11.1 Å². The molecule has 0 aromatic heterocycles. The van der Waals surface area contributed by atoms with Gasteiger partial charge in [0.15, 0.2) is 0 Å². The van der Waals surface area contributed by atoms with E-state index in [9.17, 15) is 0 Å². The molecular formula is C20H17Br2N. The van der Waals surface area contributed by atoms with Gasteiger partial charge in [-0.05, 0) is 46.5 Å². The van der Waals surface area contributed by atoms with Crippen LogP contribution in [0.25, 0.3) is 11.1 Å². The third kappa shape index (κ3) is 4.77. The van der Waals surface area contributed by atoms with E-state index in [2.05, 4.69) is 110 Å². The van der Waals surface area contributed by atoms with Crippen LogP contribution in [0, 0.1) is 0 Å². The normalized spacial score (nSPS) is 10.7. The zero-order chi connectivity index (χ0) is 16.1. The maximum atomic E-state index is 3.48. The Morgan fingerprint density at radius 3 is 1.35 bits per heavy atom. The fourth-order valence-electron chi connectivity index (χ4n) is 2.41. The smallest absolute Gasteiger partial charge is 0.0208 e. The Hall–Kier alpha value is -1.42. The molecule has 3 aromatic carbocycles. The molecule has 3 heteroatoms. The molecule has 3 aromatic rings. The topological polar surface area (TPSA) is 12.0 Å². The largest absolute Gasteiger partial charge is 0.309 e. The molecule has 0 heterocycles. The molecule has 0 radical (unpaired) electrons. The lowest BCUT2D eigenvalue weighted by molar-refractivity contribution is 0.693. The summed E-state index contributed by atoms with van der Waals surface area (Å²) < 4.78 is 2.22. The highest BCUT2D eigenvalue weighted by Crippen LogP contribution is 2.22. The number of hydrogen-bond acceptors (Lipinski definition) is 1. The summed E-state index contributed by atoms with van der Waals surface area (Å²) in [4.78, 5) is 0. The van der Waals surface area contributed by atoms with E-state index in [1.54, 1.807) is 0 Å². The molecule has 0 atom stereocenters. The number of benzene rings is 3. The molecule has 23 heavy (non-hydrogen) atoms. The van der Waals surface area contributed by atoms with Gasteiger partial charge in [0.25, 0.3) is 0 Å². The van der Waals surface area contributed by atoms with E-state index in [4.69, 9.17) is 0 Å². The van der Waals surface area contributed by atoms with Crippen molar-refractivity contribution >= 4 is 31.9 Å². The van der Waals surface area contributed by atoms with Crippen LogP contribution in [-0.2, 0) is 13.1 Å². The van der Waals surface area contributed by atoms with Crippen LogP contribution in [0.4, 0.5) is 0 Å². The first-order valence-electron chi connectivity index (χ1n) is 7.51. The number of hydrogen-bond donors (Lipinski definition) is 1. The summed E-state index contributed by atoms with van der Waals surface area (Å²) in [5, 5.41) is 3.48. The second kappa shape index (κ2) is 7.91. The lowest BCUT2D eigenvalue weighted by atomic mass is 10.0. The molecule has 116 valence electrons. The van der Waals surface area contributed by atoms with Gasteiger partial charge in [-0.1, -0.05) is 80.4 Å². The van der Waals surface area contributed by atoms with Gasteiger partial charge in [0.2, 0.25) is 0 Å². The van der Waals surface area contributed by atoms with Crippen LogP contribution in [-0.4, -0.2) is 0 Å². The minimum Gasteiger partial charge on any atom is -0.309 e. The Morgan fingerprint density at radius 1 is 0.522 bits per heavy atom. The van der Waals surface area contributed by atoms with Gasteiger partial charge < -0.3 is 5.32 Å². The van der Waals surface area contributed by atoms with Gasteiger partial charge in [-0.2, -0.15) is 0 Å². The molecule has 0 aliphatic carbocycles. The number of rotatable bonds is 5. The summed E-state index contributed by atoms with van der Waals surface area (Å²) in [5.41, 5.74) is 5.07. The second-order valence-electron chi connectivity index (χ2n) is 5.43. The van der Waals surface area contributed by atoms with Crippen molar-refractivity contribution in [3.05, 3.63) is 92.9 Å². The summed E-state index contributed by atoms with van der Waals surface area (Å²) >= 11 is 6.93. The molecule has 0 fully saturated rings. The van der Waals surface area contributed by atoms with Crippen molar-refractivity contribution in [3.63, 3.8) is 0 Å².